The summed E-state index contributed by atoms with van der Waals surface area (Å²) in [7, 11) is 0. The summed E-state index contributed by atoms with van der Waals surface area (Å²) in [6, 6.07) is 7.73. The van der Waals surface area contributed by atoms with Crippen LogP contribution in [0.1, 0.15) is 57.1 Å². The summed E-state index contributed by atoms with van der Waals surface area (Å²) in [6.45, 7) is 3.26. The molecule has 0 radical (unpaired) electrons. The van der Waals surface area contributed by atoms with Crippen LogP contribution in [0.3, 0.4) is 0 Å². The fraction of sp³-hybridized carbons (Fsp3) is 0.562. The molecule has 5 rings (SSSR count). The number of ether oxygens (including phenoxy) is 2. The Hall–Kier alpha value is -3.50. The molecule has 0 unspecified atom stereocenters. The Morgan fingerprint density at radius 2 is 1.83 bits per heavy atom. The van der Waals surface area contributed by atoms with Gasteiger partial charge in [-0.25, -0.2) is 0 Å². The molecule has 0 bridgehead atoms. The van der Waals surface area contributed by atoms with Gasteiger partial charge in [0.15, 0.2) is 0 Å². The maximum atomic E-state index is 14.3. The number of aliphatic hydroxyl groups is 1. The molecule has 0 aromatic heterocycles. The van der Waals surface area contributed by atoms with Crippen LogP contribution >= 0.6 is 0 Å². The first-order valence-electron chi connectivity index (χ1n) is 15.1. The van der Waals surface area contributed by atoms with E-state index in [0.29, 0.717) is 32.4 Å². The number of amides is 3. The number of aliphatic hydroxyl groups excluding tert-OH is 1. The van der Waals surface area contributed by atoms with E-state index in [-0.39, 0.29) is 44.0 Å². The van der Waals surface area contributed by atoms with Gasteiger partial charge in [0.1, 0.15) is 18.2 Å². The third-order valence-electron chi connectivity index (χ3n) is 8.74. The molecule has 1 aromatic rings. The summed E-state index contributed by atoms with van der Waals surface area (Å²) >= 11 is 0. The lowest BCUT2D eigenvalue weighted by molar-refractivity contribution is -0.148. The van der Waals surface area contributed by atoms with Gasteiger partial charge in [0.2, 0.25) is 17.7 Å². The Bertz CT molecular complexity index is 1220. The van der Waals surface area contributed by atoms with E-state index in [4.69, 9.17) is 9.47 Å². The second-order valence-corrected chi connectivity index (χ2v) is 11.5. The third kappa shape index (κ3) is 5.74. The number of nitrogens with zero attached hydrogens (tertiary/aromatic N) is 2. The largest absolute Gasteiger partial charge is 0.463 e. The number of unbranched alkanes of at least 4 members (excludes halogenated alkanes) is 2. The zero-order chi connectivity index (χ0) is 29.7. The molecule has 2 N–H and O–H groups in total. The molecule has 6 atom stereocenters. The van der Waals surface area contributed by atoms with Gasteiger partial charge in [0.25, 0.3) is 0 Å². The standard InChI is InChI=1S/C32H41N3O7/c1-2-3-17-34-18-11-16-32-27(30(39)35(19-9-10-20-36)28(32)31(34)40)26-24(42-32)14-7-8-15-25(37)41-21-23(33-29(26)38)22-12-5-4-6-13-22/h4-7,11-14,16,23-24,26-28,36H,2-3,8-10,15,17-21H2,1H3,(H,33,38)/b14-7-/t23-,24+,26-,27-,28+,32-/m1/s1. The van der Waals surface area contributed by atoms with Crippen LogP contribution in [0.4, 0.5) is 0 Å². The quantitative estimate of drug-likeness (QED) is 0.275. The molecule has 4 aliphatic rings. The Labute approximate surface area is 246 Å². The first kappa shape index (κ1) is 30.0. The van der Waals surface area contributed by atoms with Gasteiger partial charge in [0, 0.05) is 32.7 Å². The summed E-state index contributed by atoms with van der Waals surface area (Å²) < 4.78 is 12.2. The molecule has 226 valence electrons. The minimum Gasteiger partial charge on any atom is -0.463 e. The maximum absolute atomic E-state index is 14.3. The van der Waals surface area contributed by atoms with E-state index in [1.165, 1.54) is 0 Å². The number of hydrogen-bond donors (Lipinski definition) is 2. The molecule has 10 nitrogen and oxygen atoms in total. The monoisotopic (exact) mass is 579 g/mol. The fourth-order valence-corrected chi connectivity index (χ4v) is 6.67. The second kappa shape index (κ2) is 13.2. The van der Waals surface area contributed by atoms with Crippen LogP contribution in [0, 0.1) is 11.8 Å². The van der Waals surface area contributed by atoms with E-state index in [1.807, 2.05) is 42.5 Å². The average molecular weight is 580 g/mol. The van der Waals surface area contributed by atoms with Crippen molar-refractivity contribution in [2.75, 3.05) is 32.8 Å². The number of carbonyl (C=O) groups is 4. The van der Waals surface area contributed by atoms with Crippen molar-refractivity contribution in [3.8, 4) is 0 Å². The van der Waals surface area contributed by atoms with Gasteiger partial charge in [-0.05, 0) is 31.2 Å². The van der Waals surface area contributed by atoms with E-state index >= 15 is 0 Å². The van der Waals surface area contributed by atoms with E-state index < -0.39 is 41.5 Å². The van der Waals surface area contributed by atoms with Crippen LogP contribution in [0.2, 0.25) is 0 Å². The number of allylic oxidation sites excluding steroid dienone is 1. The summed E-state index contributed by atoms with van der Waals surface area (Å²) in [5.74, 6) is -3.06. The summed E-state index contributed by atoms with van der Waals surface area (Å²) in [5.41, 5.74) is -0.547. The zero-order valence-corrected chi connectivity index (χ0v) is 24.2. The molecular weight excluding hydrogens is 538 g/mol. The highest BCUT2D eigenvalue weighted by atomic mass is 16.5. The first-order valence-corrected chi connectivity index (χ1v) is 15.1. The normalized spacial score (nSPS) is 32.2. The highest BCUT2D eigenvalue weighted by Gasteiger charge is 2.71. The minimum atomic E-state index is -1.32. The van der Waals surface area contributed by atoms with Crippen LogP contribution < -0.4 is 5.32 Å². The molecule has 0 aliphatic carbocycles. The average Bonchev–Trinajstić information content (AvgIpc) is 3.37. The number of carbonyl (C=O) groups excluding carboxylic acids is 4. The molecule has 0 saturated carbocycles. The molecular formula is C32H41N3O7. The van der Waals surface area contributed by atoms with Crippen molar-refractivity contribution in [1.82, 2.24) is 15.1 Å². The molecule has 10 heteroatoms. The molecule has 2 saturated heterocycles. The summed E-state index contributed by atoms with van der Waals surface area (Å²) in [4.78, 5) is 58.4. The first-order chi connectivity index (χ1) is 20.4. The molecule has 3 amide bonds. The SMILES string of the molecule is CCCCN1CC=C[C@@]23O[C@H]4/C=C\CCC(=O)OC[C@H](c5ccccc5)NC(=O)[C@H]4[C@@H]2C(=O)N(CCCCO)[C@H]3C1=O. The number of likely N-dealkylation sites (tertiary alicyclic amines) is 1. The van der Waals surface area contributed by atoms with Gasteiger partial charge in [-0.3, -0.25) is 19.2 Å². The Balaban J connectivity index is 1.55. The topological polar surface area (TPSA) is 125 Å². The predicted octanol–water partition coefficient (Wildman–Crippen LogP) is 2.29. The van der Waals surface area contributed by atoms with Gasteiger partial charge in [0.05, 0.1) is 24.0 Å². The van der Waals surface area contributed by atoms with Crippen LogP contribution in [0.25, 0.3) is 0 Å². The van der Waals surface area contributed by atoms with Gasteiger partial charge in [-0.2, -0.15) is 0 Å². The summed E-state index contributed by atoms with van der Waals surface area (Å²) in [5, 5.41) is 12.4. The van der Waals surface area contributed by atoms with Gasteiger partial charge in [-0.1, -0.05) is 68.0 Å². The van der Waals surface area contributed by atoms with Crippen LogP contribution in [0.5, 0.6) is 0 Å². The number of nitrogens with one attached hydrogen (secondary N) is 1. The van der Waals surface area contributed by atoms with Gasteiger partial charge in [-0.15, -0.1) is 0 Å². The van der Waals surface area contributed by atoms with Gasteiger partial charge >= 0.3 is 5.97 Å². The number of hydrogen-bond acceptors (Lipinski definition) is 7. The van der Waals surface area contributed by atoms with Gasteiger partial charge < -0.3 is 29.7 Å². The molecule has 1 aromatic carbocycles. The van der Waals surface area contributed by atoms with Crippen molar-refractivity contribution in [2.24, 2.45) is 11.8 Å². The minimum absolute atomic E-state index is 0.0163. The highest BCUT2D eigenvalue weighted by Crippen LogP contribution is 2.53. The molecule has 2 fully saturated rings. The van der Waals surface area contributed by atoms with Crippen LogP contribution in [0.15, 0.2) is 54.6 Å². The van der Waals surface area contributed by atoms with Crippen molar-refractivity contribution in [3.63, 3.8) is 0 Å². The lowest BCUT2D eigenvalue weighted by Gasteiger charge is -2.35. The van der Waals surface area contributed by atoms with Crippen LogP contribution in [-0.2, 0) is 28.7 Å². The Kier molecular flexibility index (Phi) is 9.43. The van der Waals surface area contributed by atoms with Crippen molar-refractivity contribution in [1.29, 1.82) is 0 Å². The van der Waals surface area contributed by atoms with Crippen molar-refractivity contribution >= 4 is 23.7 Å². The second-order valence-electron chi connectivity index (χ2n) is 11.5. The summed E-state index contributed by atoms with van der Waals surface area (Å²) in [6.07, 6.45) is 9.83. The number of fused-ring (bicyclic) bond motifs is 2. The highest BCUT2D eigenvalue weighted by molar-refractivity contribution is 5.99. The smallest absolute Gasteiger partial charge is 0.306 e. The fourth-order valence-electron chi connectivity index (χ4n) is 6.67. The Morgan fingerprint density at radius 3 is 2.60 bits per heavy atom. The number of esters is 1. The van der Waals surface area contributed by atoms with E-state index in [2.05, 4.69) is 12.2 Å². The number of cyclic esters (lactones) is 1. The number of benzene rings is 1. The predicted molar refractivity (Wildman–Crippen MR) is 154 cm³/mol. The zero-order valence-electron chi connectivity index (χ0n) is 24.2. The van der Waals surface area contributed by atoms with E-state index in [9.17, 15) is 24.3 Å². The lowest BCUT2D eigenvalue weighted by Crippen LogP contribution is -2.55. The Morgan fingerprint density at radius 1 is 1.02 bits per heavy atom. The van der Waals surface area contributed by atoms with E-state index in [1.54, 1.807) is 22.0 Å². The maximum Gasteiger partial charge on any atom is 0.306 e. The lowest BCUT2D eigenvalue weighted by atomic mass is 9.77. The van der Waals surface area contributed by atoms with Crippen molar-refractivity contribution in [2.45, 2.75) is 69.2 Å². The van der Waals surface area contributed by atoms with Crippen LogP contribution in [-0.4, -0.2) is 89.2 Å². The number of rotatable bonds is 8. The molecule has 1 spiro atoms. The molecule has 42 heavy (non-hydrogen) atoms. The third-order valence-corrected chi connectivity index (χ3v) is 8.74. The van der Waals surface area contributed by atoms with Crippen molar-refractivity contribution in [3.05, 3.63) is 60.2 Å². The van der Waals surface area contributed by atoms with Crippen molar-refractivity contribution < 1.29 is 33.8 Å². The van der Waals surface area contributed by atoms with E-state index in [0.717, 1.165) is 18.4 Å². The molecule has 4 aliphatic heterocycles. The molecule has 4 heterocycles.